The number of nitrogens with zero attached hydrogens (tertiary/aromatic N) is 1. The highest BCUT2D eigenvalue weighted by molar-refractivity contribution is 5.82. The SMILES string of the molecule is COCC(NC(=O)N(C)CCOCC1CC1)C(=O)O. The number of ether oxygens (including phenoxy) is 2. The van der Waals surface area contributed by atoms with Crippen molar-refractivity contribution in [3.8, 4) is 0 Å². The average Bonchev–Trinajstić information content (AvgIpc) is 3.17. The number of methoxy groups -OCH3 is 1. The normalized spacial score (nSPS) is 15.9. The minimum absolute atomic E-state index is 0.0624. The van der Waals surface area contributed by atoms with E-state index in [2.05, 4.69) is 5.32 Å². The van der Waals surface area contributed by atoms with Crippen LogP contribution in [-0.4, -0.2) is 68.6 Å². The van der Waals surface area contributed by atoms with Crippen molar-refractivity contribution >= 4 is 12.0 Å². The third-order valence-corrected chi connectivity index (χ3v) is 2.90. The standard InChI is InChI=1S/C12H22N2O5/c1-14(5-6-19-7-9-3-4-9)12(17)13-10(8-18-2)11(15)16/h9-10H,3-8H2,1-2H3,(H,13,17)(H,15,16). The van der Waals surface area contributed by atoms with Gasteiger partial charge in [-0.05, 0) is 18.8 Å². The maximum absolute atomic E-state index is 11.7. The van der Waals surface area contributed by atoms with Crippen molar-refractivity contribution in [1.82, 2.24) is 10.2 Å². The molecule has 1 fully saturated rings. The molecular weight excluding hydrogens is 252 g/mol. The summed E-state index contributed by atoms with van der Waals surface area (Å²) in [5, 5.41) is 11.3. The first-order chi connectivity index (χ1) is 9.04. The van der Waals surface area contributed by atoms with Gasteiger partial charge in [0.15, 0.2) is 6.04 Å². The molecule has 2 N–H and O–H groups in total. The third kappa shape index (κ3) is 6.40. The number of rotatable bonds is 9. The van der Waals surface area contributed by atoms with E-state index in [0.717, 1.165) is 6.61 Å². The zero-order chi connectivity index (χ0) is 14.3. The molecule has 0 radical (unpaired) electrons. The minimum Gasteiger partial charge on any atom is -0.480 e. The second-order valence-electron chi connectivity index (χ2n) is 4.74. The van der Waals surface area contributed by atoms with Crippen LogP contribution in [0.5, 0.6) is 0 Å². The first kappa shape index (κ1) is 15.7. The molecule has 1 aliphatic rings. The molecule has 0 saturated heterocycles. The zero-order valence-corrected chi connectivity index (χ0v) is 11.4. The summed E-state index contributed by atoms with van der Waals surface area (Å²) in [6.07, 6.45) is 2.46. The number of likely N-dealkylation sites (N-methyl/N-ethyl adjacent to an activating group) is 1. The number of hydrogen-bond donors (Lipinski definition) is 2. The monoisotopic (exact) mass is 274 g/mol. The molecular formula is C12H22N2O5. The zero-order valence-electron chi connectivity index (χ0n) is 11.4. The molecule has 0 aromatic carbocycles. The molecule has 0 aromatic heterocycles. The molecule has 1 rings (SSSR count). The summed E-state index contributed by atoms with van der Waals surface area (Å²) in [6.45, 7) is 1.57. The van der Waals surface area contributed by atoms with Gasteiger partial charge in [-0.25, -0.2) is 9.59 Å². The van der Waals surface area contributed by atoms with E-state index in [1.807, 2.05) is 0 Å². The van der Waals surface area contributed by atoms with Gasteiger partial charge in [0.25, 0.3) is 0 Å². The van der Waals surface area contributed by atoms with Crippen LogP contribution in [0.25, 0.3) is 0 Å². The number of urea groups is 1. The molecule has 1 saturated carbocycles. The lowest BCUT2D eigenvalue weighted by Crippen LogP contribution is -2.49. The van der Waals surface area contributed by atoms with E-state index in [0.29, 0.717) is 19.1 Å². The van der Waals surface area contributed by atoms with Crippen LogP contribution < -0.4 is 5.32 Å². The molecule has 0 spiro atoms. The van der Waals surface area contributed by atoms with Crippen LogP contribution in [0, 0.1) is 5.92 Å². The van der Waals surface area contributed by atoms with Gasteiger partial charge in [0.1, 0.15) is 0 Å². The number of aliphatic carboxylic acids is 1. The van der Waals surface area contributed by atoms with Crippen molar-refractivity contribution in [3.63, 3.8) is 0 Å². The predicted molar refractivity (Wildman–Crippen MR) is 68.0 cm³/mol. The molecule has 0 bridgehead atoms. The Balaban J connectivity index is 2.19. The Morgan fingerprint density at radius 1 is 1.47 bits per heavy atom. The van der Waals surface area contributed by atoms with Crippen molar-refractivity contribution in [3.05, 3.63) is 0 Å². The molecule has 1 unspecified atom stereocenters. The minimum atomic E-state index is -1.12. The Kier molecular flexibility index (Phi) is 6.58. The van der Waals surface area contributed by atoms with Gasteiger partial charge in [-0.3, -0.25) is 0 Å². The Morgan fingerprint density at radius 2 is 2.16 bits per heavy atom. The van der Waals surface area contributed by atoms with Gasteiger partial charge in [-0.2, -0.15) is 0 Å². The predicted octanol–water partition coefficient (Wildman–Crippen LogP) is 0.154. The fraction of sp³-hybridized carbons (Fsp3) is 0.833. The van der Waals surface area contributed by atoms with Crippen LogP contribution in [0.15, 0.2) is 0 Å². The number of carbonyl (C=O) groups is 2. The third-order valence-electron chi connectivity index (χ3n) is 2.90. The first-order valence-electron chi connectivity index (χ1n) is 6.35. The van der Waals surface area contributed by atoms with Crippen LogP contribution in [0.1, 0.15) is 12.8 Å². The van der Waals surface area contributed by atoms with Gasteiger partial charge >= 0.3 is 12.0 Å². The Hall–Kier alpha value is -1.34. The summed E-state index contributed by atoms with van der Waals surface area (Å²) in [6, 6.07) is -1.48. The maximum atomic E-state index is 11.7. The highest BCUT2D eigenvalue weighted by Gasteiger charge is 2.22. The number of carboxylic acids is 1. The average molecular weight is 274 g/mol. The van der Waals surface area contributed by atoms with Crippen LogP contribution in [0.4, 0.5) is 4.79 Å². The molecule has 0 aliphatic heterocycles. The van der Waals surface area contributed by atoms with Crippen molar-refractivity contribution in [2.75, 3.05) is 40.5 Å². The first-order valence-corrected chi connectivity index (χ1v) is 6.35. The molecule has 7 heteroatoms. The molecule has 0 heterocycles. The lowest BCUT2D eigenvalue weighted by Gasteiger charge is -2.21. The van der Waals surface area contributed by atoms with Gasteiger partial charge in [0.05, 0.1) is 13.2 Å². The van der Waals surface area contributed by atoms with Crippen LogP contribution >= 0.6 is 0 Å². The molecule has 7 nitrogen and oxygen atoms in total. The molecule has 1 atom stereocenters. The lowest BCUT2D eigenvalue weighted by molar-refractivity contribution is -0.140. The summed E-state index contributed by atoms with van der Waals surface area (Å²) in [5.74, 6) is -0.425. The van der Waals surface area contributed by atoms with Gasteiger partial charge in [0, 0.05) is 27.3 Å². The van der Waals surface area contributed by atoms with Gasteiger partial charge in [-0.1, -0.05) is 0 Å². The van der Waals surface area contributed by atoms with Crippen molar-refractivity contribution < 1.29 is 24.2 Å². The highest BCUT2D eigenvalue weighted by Crippen LogP contribution is 2.28. The number of carboxylic acid groups (broad SMARTS) is 1. The van der Waals surface area contributed by atoms with E-state index in [4.69, 9.17) is 14.6 Å². The molecule has 2 amide bonds. The van der Waals surface area contributed by atoms with E-state index in [-0.39, 0.29) is 6.61 Å². The largest absolute Gasteiger partial charge is 0.480 e. The molecule has 19 heavy (non-hydrogen) atoms. The summed E-state index contributed by atoms with van der Waals surface area (Å²) in [4.78, 5) is 24.0. The van der Waals surface area contributed by atoms with E-state index in [1.165, 1.54) is 24.9 Å². The maximum Gasteiger partial charge on any atom is 0.328 e. The van der Waals surface area contributed by atoms with Crippen molar-refractivity contribution in [1.29, 1.82) is 0 Å². The summed E-state index contributed by atoms with van der Waals surface area (Å²) >= 11 is 0. The van der Waals surface area contributed by atoms with Gasteiger partial charge in [0.2, 0.25) is 0 Å². The Labute approximate surface area is 112 Å². The van der Waals surface area contributed by atoms with Gasteiger partial charge < -0.3 is 24.8 Å². The quantitative estimate of drug-likeness (QED) is 0.584. The highest BCUT2D eigenvalue weighted by atomic mass is 16.5. The number of carbonyl (C=O) groups excluding carboxylic acids is 1. The summed E-state index contributed by atoms with van der Waals surface area (Å²) < 4.78 is 10.2. The number of amides is 2. The summed E-state index contributed by atoms with van der Waals surface area (Å²) in [5.41, 5.74) is 0. The number of nitrogens with one attached hydrogen (secondary N) is 1. The lowest BCUT2D eigenvalue weighted by atomic mass is 10.3. The van der Waals surface area contributed by atoms with Crippen LogP contribution in [-0.2, 0) is 14.3 Å². The van der Waals surface area contributed by atoms with Crippen LogP contribution in [0.3, 0.4) is 0 Å². The van der Waals surface area contributed by atoms with E-state index < -0.39 is 18.0 Å². The number of hydrogen-bond acceptors (Lipinski definition) is 4. The molecule has 1 aliphatic carbocycles. The van der Waals surface area contributed by atoms with E-state index >= 15 is 0 Å². The second kappa shape index (κ2) is 7.96. The Morgan fingerprint density at radius 3 is 2.68 bits per heavy atom. The fourth-order valence-electron chi connectivity index (χ4n) is 1.44. The molecule has 110 valence electrons. The smallest absolute Gasteiger partial charge is 0.328 e. The fourth-order valence-corrected chi connectivity index (χ4v) is 1.44. The van der Waals surface area contributed by atoms with Crippen molar-refractivity contribution in [2.45, 2.75) is 18.9 Å². The Bertz CT molecular complexity index is 306. The molecule has 0 aromatic rings. The van der Waals surface area contributed by atoms with Crippen molar-refractivity contribution in [2.24, 2.45) is 5.92 Å². The van der Waals surface area contributed by atoms with Crippen LogP contribution in [0.2, 0.25) is 0 Å². The second-order valence-corrected chi connectivity index (χ2v) is 4.74. The van der Waals surface area contributed by atoms with E-state index in [9.17, 15) is 9.59 Å². The van der Waals surface area contributed by atoms with Gasteiger partial charge in [-0.15, -0.1) is 0 Å². The van der Waals surface area contributed by atoms with E-state index in [1.54, 1.807) is 7.05 Å². The topological polar surface area (TPSA) is 88.1 Å². The summed E-state index contributed by atoms with van der Waals surface area (Å²) in [7, 11) is 2.99.